The molecule has 236 valence electrons. The van der Waals surface area contributed by atoms with Crippen LogP contribution in [0.2, 0.25) is 0 Å². The maximum atomic E-state index is 2.51. The molecule has 0 fully saturated rings. The van der Waals surface area contributed by atoms with Crippen LogP contribution in [0.1, 0.15) is 123 Å². The van der Waals surface area contributed by atoms with Gasteiger partial charge in [0, 0.05) is 72.4 Å². The van der Waals surface area contributed by atoms with Gasteiger partial charge in [0.2, 0.25) is 0 Å². The van der Waals surface area contributed by atoms with Crippen LogP contribution in [-0.4, -0.2) is 18.3 Å². The Hall–Kier alpha value is -3.40. The second kappa shape index (κ2) is 12.5. The molecule has 0 amide bonds. The molecule has 0 aliphatic carbocycles. The molecule has 0 N–H and O–H groups in total. The molecular weight excluding hydrogens is 536 g/mol. The van der Waals surface area contributed by atoms with Crippen LogP contribution in [0.25, 0.3) is 24.3 Å². The molecule has 8 bridgehead atoms. The predicted molar refractivity (Wildman–Crippen MR) is 189 cm³/mol. The first-order chi connectivity index (χ1) is 21.2. The summed E-state index contributed by atoms with van der Waals surface area (Å²) in [4.78, 5) is 0. The van der Waals surface area contributed by atoms with Gasteiger partial charge in [-0.15, -0.1) is 0 Å². The highest BCUT2D eigenvalue weighted by Gasteiger charge is 2.22. The van der Waals surface area contributed by atoms with Crippen molar-refractivity contribution < 1.29 is 0 Å². The largest absolute Gasteiger partial charge is 0.344 e. The zero-order valence-electron chi connectivity index (χ0n) is 29.8. The van der Waals surface area contributed by atoms with Gasteiger partial charge in [-0.25, -0.2) is 0 Å². The van der Waals surface area contributed by atoms with Crippen molar-refractivity contribution in [2.24, 2.45) is 28.2 Å². The van der Waals surface area contributed by atoms with Crippen LogP contribution < -0.4 is 21.4 Å². The van der Waals surface area contributed by atoms with Crippen molar-refractivity contribution in [2.45, 2.75) is 107 Å². The quantitative estimate of drug-likeness (QED) is 0.237. The Bertz CT molecular complexity index is 1700. The van der Waals surface area contributed by atoms with E-state index in [1.54, 1.807) is 0 Å². The van der Waals surface area contributed by atoms with Gasteiger partial charge in [-0.05, 0) is 120 Å². The molecule has 5 heterocycles. The minimum atomic E-state index is 1.03. The summed E-state index contributed by atoms with van der Waals surface area (Å²) in [7, 11) is 9.15. The Morgan fingerprint density at radius 2 is 0.477 bits per heavy atom. The van der Waals surface area contributed by atoms with Gasteiger partial charge in [-0.2, -0.15) is 0 Å². The molecule has 4 aromatic heterocycles. The van der Waals surface area contributed by atoms with Gasteiger partial charge in [0.15, 0.2) is 0 Å². The lowest BCUT2D eigenvalue weighted by Crippen LogP contribution is -2.26. The average Bonchev–Trinajstić information content (AvgIpc) is 3.64. The summed E-state index contributed by atoms with van der Waals surface area (Å²) in [6.07, 6.45) is 18.3. The molecule has 0 saturated carbocycles. The Kier molecular flexibility index (Phi) is 9.12. The minimum absolute atomic E-state index is 1.03. The fraction of sp³-hybridized carbons (Fsp3) is 0.500. The van der Waals surface area contributed by atoms with Crippen LogP contribution >= 0.6 is 0 Å². The van der Waals surface area contributed by atoms with E-state index in [0.29, 0.717) is 0 Å². The average molecular weight is 593 g/mol. The third kappa shape index (κ3) is 4.63. The predicted octanol–water partition coefficient (Wildman–Crippen LogP) is 5.17. The van der Waals surface area contributed by atoms with Crippen LogP contribution in [0.4, 0.5) is 0 Å². The lowest BCUT2D eigenvalue weighted by molar-refractivity contribution is 0.827. The standard InChI is InChI=1S/C40H56N4/c1-13-25-26(14-2)34-22-36-29(17-5)30(18-6)38(43(36)11)24-40-32(20-8)31(19-7)39(44(40)12)23-37-28(16-4)27(15-3)35(42(37)10)21-33(25)41(34)9/h21-24H,13-20H2,1-12H3/b33-21-,34-22-,35-21?,36-22?,37-23?,38-24?,39-23-,40-24-. The maximum absolute atomic E-state index is 2.51. The van der Waals surface area contributed by atoms with Crippen LogP contribution in [-0.2, 0) is 79.6 Å². The SMILES string of the molecule is CCc1c(CC)c2n(C)c1/C=c1/c(CC)c(CC)/c(n1C)=C/c1c(CC)c(CC)c(n1C)/C=c1/c(CC)c(CC)/c(n1C)=C/2. The highest BCUT2D eigenvalue weighted by molar-refractivity contribution is 5.67. The highest BCUT2D eigenvalue weighted by Crippen LogP contribution is 2.27. The molecule has 0 atom stereocenters. The summed E-state index contributed by atoms with van der Waals surface area (Å²) in [5.41, 5.74) is 17.3. The summed E-state index contributed by atoms with van der Waals surface area (Å²) in [6, 6.07) is 0. The zero-order valence-corrected chi connectivity index (χ0v) is 29.8. The van der Waals surface area contributed by atoms with E-state index in [0.717, 1.165) is 51.4 Å². The van der Waals surface area contributed by atoms with Crippen molar-refractivity contribution >= 4 is 24.3 Å². The molecule has 4 aromatic rings. The summed E-state index contributed by atoms with van der Waals surface area (Å²) in [5.74, 6) is 0. The highest BCUT2D eigenvalue weighted by atomic mass is 15.0. The number of rotatable bonds is 8. The van der Waals surface area contributed by atoms with E-state index in [4.69, 9.17) is 0 Å². The van der Waals surface area contributed by atoms with Crippen molar-refractivity contribution in [3.05, 3.63) is 88.7 Å². The van der Waals surface area contributed by atoms with Crippen LogP contribution in [0.5, 0.6) is 0 Å². The second-order valence-corrected chi connectivity index (χ2v) is 12.6. The topological polar surface area (TPSA) is 19.7 Å². The normalized spacial score (nSPS) is 15.7. The summed E-state index contributed by atoms with van der Waals surface area (Å²) < 4.78 is 9.94. The Morgan fingerprint density at radius 1 is 0.295 bits per heavy atom. The first-order valence-electron chi connectivity index (χ1n) is 17.4. The molecule has 0 radical (unpaired) electrons. The molecular formula is C40H56N4. The lowest BCUT2D eigenvalue weighted by Gasteiger charge is -2.06. The first-order valence-corrected chi connectivity index (χ1v) is 17.4. The third-order valence-electron chi connectivity index (χ3n) is 10.7. The van der Waals surface area contributed by atoms with Gasteiger partial charge < -0.3 is 18.3 Å². The van der Waals surface area contributed by atoms with Gasteiger partial charge in [0.1, 0.15) is 0 Å². The van der Waals surface area contributed by atoms with Crippen molar-refractivity contribution in [1.82, 2.24) is 18.3 Å². The summed E-state index contributed by atoms with van der Waals surface area (Å²) >= 11 is 0. The smallest absolute Gasteiger partial charge is 0.0465 e. The Balaban J connectivity index is 2.14. The first kappa shape index (κ1) is 32.0. The molecule has 0 aromatic carbocycles. The van der Waals surface area contributed by atoms with Crippen molar-refractivity contribution in [1.29, 1.82) is 0 Å². The van der Waals surface area contributed by atoms with Crippen molar-refractivity contribution in [3.63, 3.8) is 0 Å². The molecule has 4 heteroatoms. The monoisotopic (exact) mass is 592 g/mol. The van der Waals surface area contributed by atoms with Crippen LogP contribution in [0, 0.1) is 0 Å². The number of fused-ring (bicyclic) bond motifs is 8. The maximum Gasteiger partial charge on any atom is 0.0465 e. The molecule has 44 heavy (non-hydrogen) atoms. The van der Waals surface area contributed by atoms with E-state index in [2.05, 4.69) is 126 Å². The van der Waals surface area contributed by atoms with E-state index >= 15 is 0 Å². The van der Waals surface area contributed by atoms with E-state index in [-0.39, 0.29) is 0 Å². The minimum Gasteiger partial charge on any atom is -0.344 e. The molecule has 0 unspecified atom stereocenters. The second-order valence-electron chi connectivity index (χ2n) is 12.6. The van der Waals surface area contributed by atoms with Gasteiger partial charge in [0.05, 0.1) is 0 Å². The Labute approximate surface area is 265 Å². The van der Waals surface area contributed by atoms with E-state index in [9.17, 15) is 0 Å². The molecule has 4 nitrogen and oxygen atoms in total. The van der Waals surface area contributed by atoms with E-state index < -0.39 is 0 Å². The van der Waals surface area contributed by atoms with Crippen LogP contribution in [0.3, 0.4) is 0 Å². The molecule has 1 aliphatic rings. The van der Waals surface area contributed by atoms with Crippen molar-refractivity contribution in [3.8, 4) is 0 Å². The molecule has 0 spiro atoms. The fourth-order valence-corrected chi connectivity index (χ4v) is 8.52. The van der Waals surface area contributed by atoms with Gasteiger partial charge in [0.25, 0.3) is 0 Å². The van der Waals surface area contributed by atoms with E-state index in [1.807, 2.05) is 0 Å². The molecule has 0 saturated heterocycles. The van der Waals surface area contributed by atoms with Gasteiger partial charge in [-0.1, -0.05) is 55.4 Å². The van der Waals surface area contributed by atoms with Crippen molar-refractivity contribution in [2.75, 3.05) is 0 Å². The summed E-state index contributed by atoms with van der Waals surface area (Å²) in [5, 5.41) is 5.41. The third-order valence-corrected chi connectivity index (χ3v) is 10.7. The van der Waals surface area contributed by atoms with Gasteiger partial charge >= 0.3 is 0 Å². The number of hydrogen-bond donors (Lipinski definition) is 0. The lowest BCUT2D eigenvalue weighted by atomic mass is 10.0. The van der Waals surface area contributed by atoms with Gasteiger partial charge in [-0.3, -0.25) is 0 Å². The van der Waals surface area contributed by atoms with E-state index in [1.165, 1.54) is 88.7 Å². The number of nitrogens with zero attached hydrogens (tertiary/aromatic N) is 4. The number of aromatic nitrogens is 4. The fourth-order valence-electron chi connectivity index (χ4n) is 8.52. The molecule has 1 aliphatic heterocycles. The Morgan fingerprint density at radius 3 is 0.636 bits per heavy atom. The zero-order chi connectivity index (χ0) is 32.0. The number of hydrogen-bond acceptors (Lipinski definition) is 0. The van der Waals surface area contributed by atoms with Crippen LogP contribution in [0.15, 0.2) is 0 Å². The summed E-state index contributed by atoms with van der Waals surface area (Å²) in [6.45, 7) is 18.6. The molecule has 5 rings (SSSR count).